The van der Waals surface area contributed by atoms with Gasteiger partial charge in [0.2, 0.25) is 0 Å². The Labute approximate surface area is 125 Å². The molecule has 2 atom stereocenters. The van der Waals surface area contributed by atoms with Crippen LogP contribution in [-0.2, 0) is 12.8 Å². The van der Waals surface area contributed by atoms with Crippen molar-refractivity contribution in [2.75, 3.05) is 0 Å². The predicted molar refractivity (Wildman–Crippen MR) is 82.8 cm³/mol. The minimum atomic E-state index is -0.326. The van der Waals surface area contributed by atoms with Crippen LogP contribution in [0.1, 0.15) is 34.9 Å². The first-order valence-corrected chi connectivity index (χ1v) is 8.72. The number of imidazole rings is 1. The Bertz CT molecular complexity index is 698. The summed E-state index contributed by atoms with van der Waals surface area (Å²) >= 11 is 3.46. The molecule has 3 aromatic heterocycles. The summed E-state index contributed by atoms with van der Waals surface area (Å²) in [5.41, 5.74) is 2.36. The van der Waals surface area contributed by atoms with Crippen LogP contribution in [0.15, 0.2) is 29.2 Å². The van der Waals surface area contributed by atoms with E-state index in [0.717, 1.165) is 17.1 Å². The topological polar surface area (TPSA) is 37.5 Å². The van der Waals surface area contributed by atoms with Crippen LogP contribution < -0.4 is 0 Å². The molecule has 0 saturated heterocycles. The van der Waals surface area contributed by atoms with E-state index in [2.05, 4.69) is 16.4 Å². The fraction of sp³-hybridized carbons (Fsp3) is 0.400. The van der Waals surface area contributed by atoms with Crippen LogP contribution in [0.5, 0.6) is 0 Å². The zero-order chi connectivity index (χ0) is 13.5. The molecule has 4 rings (SSSR count). The largest absolute Gasteiger partial charge is 0.392 e. The van der Waals surface area contributed by atoms with Crippen molar-refractivity contribution in [3.63, 3.8) is 0 Å². The molecule has 0 aliphatic heterocycles. The molecular formula is C15H16N2OS2. The average molecular weight is 304 g/mol. The minimum absolute atomic E-state index is 0.282. The summed E-state index contributed by atoms with van der Waals surface area (Å²) in [4.78, 5) is 7.05. The van der Waals surface area contributed by atoms with Gasteiger partial charge in [0.25, 0.3) is 0 Å². The monoisotopic (exact) mass is 304 g/mol. The van der Waals surface area contributed by atoms with Gasteiger partial charge in [0.1, 0.15) is 0 Å². The molecule has 104 valence electrons. The highest BCUT2D eigenvalue weighted by molar-refractivity contribution is 7.15. The van der Waals surface area contributed by atoms with Crippen molar-refractivity contribution in [2.24, 2.45) is 0 Å². The second-order valence-corrected chi connectivity index (χ2v) is 7.27. The van der Waals surface area contributed by atoms with Gasteiger partial charge in [-0.15, -0.1) is 22.7 Å². The summed E-state index contributed by atoms with van der Waals surface area (Å²) in [6.07, 6.45) is 7.83. The number of thiazole rings is 1. The number of aryl methyl sites for hydroxylation is 1. The van der Waals surface area contributed by atoms with Gasteiger partial charge in [-0.2, -0.15) is 0 Å². The molecule has 0 radical (unpaired) electrons. The van der Waals surface area contributed by atoms with Crippen molar-refractivity contribution < 1.29 is 5.11 Å². The number of aromatic nitrogens is 2. The third-order valence-electron chi connectivity index (χ3n) is 4.12. The van der Waals surface area contributed by atoms with Gasteiger partial charge < -0.3 is 5.11 Å². The standard InChI is InChI=1S/C15H16N2OS2/c18-13(8-10-9-17-5-7-20-15(17)16-10)11-2-1-3-14-12(11)4-6-19-14/h4-7,9,11,13,18H,1-3,8H2. The van der Waals surface area contributed by atoms with Crippen molar-refractivity contribution >= 4 is 27.6 Å². The number of rotatable bonds is 3. The van der Waals surface area contributed by atoms with Gasteiger partial charge in [0, 0.05) is 35.0 Å². The molecule has 3 nitrogen and oxygen atoms in total. The summed E-state index contributed by atoms with van der Waals surface area (Å²) in [7, 11) is 0. The fourth-order valence-electron chi connectivity index (χ4n) is 3.15. The lowest BCUT2D eigenvalue weighted by atomic mass is 9.82. The van der Waals surface area contributed by atoms with Crippen LogP contribution in [0.25, 0.3) is 4.96 Å². The van der Waals surface area contributed by atoms with Gasteiger partial charge in [-0.1, -0.05) is 0 Å². The Hall–Kier alpha value is -1.17. The molecule has 0 fully saturated rings. The summed E-state index contributed by atoms with van der Waals surface area (Å²) < 4.78 is 2.03. The molecule has 1 N–H and O–H groups in total. The molecule has 3 aromatic rings. The lowest BCUT2D eigenvalue weighted by molar-refractivity contribution is 0.134. The van der Waals surface area contributed by atoms with E-state index in [4.69, 9.17) is 0 Å². The summed E-state index contributed by atoms with van der Waals surface area (Å²) in [5, 5.41) is 14.8. The van der Waals surface area contributed by atoms with Gasteiger partial charge in [0.05, 0.1) is 11.8 Å². The number of nitrogens with zero attached hydrogens (tertiary/aromatic N) is 2. The van der Waals surface area contributed by atoms with Gasteiger partial charge >= 0.3 is 0 Å². The van der Waals surface area contributed by atoms with Crippen molar-refractivity contribution in [3.8, 4) is 0 Å². The van der Waals surface area contributed by atoms with Crippen LogP contribution in [0.3, 0.4) is 0 Å². The molecule has 2 unspecified atom stereocenters. The number of hydrogen-bond acceptors (Lipinski definition) is 4. The predicted octanol–water partition coefficient (Wildman–Crippen LogP) is 3.48. The molecule has 0 bridgehead atoms. The Morgan fingerprint density at radius 3 is 3.25 bits per heavy atom. The van der Waals surface area contributed by atoms with E-state index in [0.29, 0.717) is 6.42 Å². The van der Waals surface area contributed by atoms with Crippen molar-refractivity contribution in [2.45, 2.75) is 37.7 Å². The van der Waals surface area contributed by atoms with Crippen LogP contribution in [0.2, 0.25) is 0 Å². The number of aliphatic hydroxyl groups is 1. The molecule has 1 aliphatic carbocycles. The maximum absolute atomic E-state index is 10.6. The van der Waals surface area contributed by atoms with E-state index in [1.165, 1.54) is 23.3 Å². The Kier molecular flexibility index (Phi) is 3.13. The normalized spacial score (nSPS) is 20.1. The zero-order valence-corrected chi connectivity index (χ0v) is 12.7. The second kappa shape index (κ2) is 4.98. The SMILES string of the molecule is OC(Cc1cn2ccsc2n1)C1CCCc2sccc21. The summed E-state index contributed by atoms with van der Waals surface area (Å²) in [6, 6.07) is 2.19. The van der Waals surface area contributed by atoms with E-state index in [9.17, 15) is 5.11 Å². The number of aliphatic hydroxyl groups excluding tert-OH is 1. The zero-order valence-electron chi connectivity index (χ0n) is 11.0. The number of thiophene rings is 1. The lowest BCUT2D eigenvalue weighted by Crippen LogP contribution is -2.24. The number of hydrogen-bond donors (Lipinski definition) is 1. The molecule has 5 heteroatoms. The Morgan fingerprint density at radius 1 is 1.40 bits per heavy atom. The lowest BCUT2D eigenvalue weighted by Gasteiger charge is -2.26. The van der Waals surface area contributed by atoms with Gasteiger partial charge in [0.15, 0.2) is 4.96 Å². The van der Waals surface area contributed by atoms with Crippen LogP contribution in [0.4, 0.5) is 0 Å². The quantitative estimate of drug-likeness (QED) is 0.804. The number of fused-ring (bicyclic) bond motifs is 2. The molecule has 0 spiro atoms. The Balaban J connectivity index is 1.56. The van der Waals surface area contributed by atoms with E-state index >= 15 is 0 Å². The summed E-state index contributed by atoms with van der Waals surface area (Å²) in [6.45, 7) is 0. The highest BCUT2D eigenvalue weighted by Gasteiger charge is 2.28. The van der Waals surface area contributed by atoms with Gasteiger partial charge in [-0.05, 0) is 36.3 Å². The molecule has 1 aliphatic rings. The van der Waals surface area contributed by atoms with E-state index in [1.54, 1.807) is 11.3 Å². The molecule has 0 aromatic carbocycles. The highest BCUT2D eigenvalue weighted by atomic mass is 32.1. The average Bonchev–Trinajstić information content (AvgIpc) is 3.11. The van der Waals surface area contributed by atoms with Crippen LogP contribution in [-0.4, -0.2) is 20.6 Å². The maximum Gasteiger partial charge on any atom is 0.193 e. The molecule has 3 heterocycles. The van der Waals surface area contributed by atoms with Crippen LogP contribution >= 0.6 is 22.7 Å². The first-order valence-electron chi connectivity index (χ1n) is 6.96. The van der Waals surface area contributed by atoms with E-state index in [1.807, 2.05) is 33.5 Å². The van der Waals surface area contributed by atoms with E-state index < -0.39 is 0 Å². The Morgan fingerprint density at radius 2 is 2.35 bits per heavy atom. The molecular weight excluding hydrogens is 288 g/mol. The van der Waals surface area contributed by atoms with Crippen molar-refractivity contribution in [1.82, 2.24) is 9.38 Å². The maximum atomic E-state index is 10.6. The third-order valence-corrected chi connectivity index (χ3v) is 5.89. The summed E-state index contributed by atoms with van der Waals surface area (Å²) in [5.74, 6) is 0.282. The van der Waals surface area contributed by atoms with E-state index in [-0.39, 0.29) is 12.0 Å². The van der Waals surface area contributed by atoms with Crippen molar-refractivity contribution in [1.29, 1.82) is 0 Å². The molecule has 0 amide bonds. The third kappa shape index (κ3) is 2.10. The van der Waals surface area contributed by atoms with Crippen molar-refractivity contribution in [3.05, 3.63) is 45.4 Å². The smallest absolute Gasteiger partial charge is 0.193 e. The van der Waals surface area contributed by atoms with Gasteiger partial charge in [-0.25, -0.2) is 4.98 Å². The molecule has 0 saturated carbocycles. The molecule has 20 heavy (non-hydrogen) atoms. The van der Waals surface area contributed by atoms with Crippen LogP contribution in [0, 0.1) is 0 Å². The minimum Gasteiger partial charge on any atom is -0.392 e. The first-order chi connectivity index (χ1) is 9.81. The van der Waals surface area contributed by atoms with Gasteiger partial charge in [-0.3, -0.25) is 4.40 Å². The fourth-order valence-corrected chi connectivity index (χ4v) is 4.87. The first kappa shape index (κ1) is 12.6. The highest BCUT2D eigenvalue weighted by Crippen LogP contribution is 2.37. The second-order valence-electron chi connectivity index (χ2n) is 5.39.